The first-order valence-electron chi connectivity index (χ1n) is 17.3. The van der Waals surface area contributed by atoms with Gasteiger partial charge in [-0.05, 0) is 76.9 Å². The molecule has 5 aromatic carbocycles. The number of fused-ring (bicyclic) bond motifs is 6. The van der Waals surface area contributed by atoms with Gasteiger partial charge in [-0.3, -0.25) is 9.97 Å². The third-order valence-corrected chi connectivity index (χ3v) is 10.9. The zero-order valence-electron chi connectivity index (χ0n) is 28.8. The monoisotopic (exact) mass is 646 g/mol. The van der Waals surface area contributed by atoms with Crippen LogP contribution in [0, 0.1) is 0 Å². The van der Waals surface area contributed by atoms with E-state index in [1.54, 1.807) is 0 Å². The van der Waals surface area contributed by atoms with Gasteiger partial charge in [0, 0.05) is 57.0 Å². The maximum atomic E-state index is 4.71. The summed E-state index contributed by atoms with van der Waals surface area (Å²) in [7, 11) is 0. The van der Waals surface area contributed by atoms with Gasteiger partial charge in [0.25, 0.3) is 0 Å². The minimum Gasteiger partial charge on any atom is -0.309 e. The van der Waals surface area contributed by atoms with Crippen LogP contribution in [0.4, 0.5) is 0 Å². The van der Waals surface area contributed by atoms with Crippen LogP contribution >= 0.6 is 0 Å². The van der Waals surface area contributed by atoms with Gasteiger partial charge in [-0.2, -0.15) is 0 Å². The number of benzene rings is 5. The number of hydrogen-bond donors (Lipinski definition) is 0. The Labute approximate surface area is 292 Å². The summed E-state index contributed by atoms with van der Waals surface area (Å²) in [6, 6.07) is 50.7. The van der Waals surface area contributed by atoms with Gasteiger partial charge in [0.1, 0.15) is 0 Å². The average molecular weight is 647 g/mol. The van der Waals surface area contributed by atoms with Crippen molar-refractivity contribution in [3.63, 3.8) is 0 Å². The molecule has 9 aromatic rings. The first-order chi connectivity index (χ1) is 24.3. The lowest BCUT2D eigenvalue weighted by molar-refractivity contribution is 0.626. The van der Waals surface area contributed by atoms with Crippen LogP contribution in [-0.4, -0.2) is 19.1 Å². The van der Waals surface area contributed by atoms with Crippen molar-refractivity contribution in [3.05, 3.63) is 180 Å². The van der Waals surface area contributed by atoms with Crippen molar-refractivity contribution in [2.45, 2.75) is 38.5 Å². The van der Waals surface area contributed by atoms with Crippen LogP contribution < -0.4 is 0 Å². The summed E-state index contributed by atoms with van der Waals surface area (Å²) in [5.41, 5.74) is 12.8. The Hall–Kier alpha value is -6.00. The van der Waals surface area contributed by atoms with Gasteiger partial charge in [-0.1, -0.05) is 113 Å². The van der Waals surface area contributed by atoms with E-state index in [0.717, 1.165) is 22.4 Å². The minimum atomic E-state index is -0.164. The summed E-state index contributed by atoms with van der Waals surface area (Å²) in [4.78, 5) is 9.11. The van der Waals surface area contributed by atoms with Gasteiger partial charge in [-0.15, -0.1) is 0 Å². The highest BCUT2D eigenvalue weighted by Crippen LogP contribution is 2.38. The Morgan fingerprint density at radius 3 is 1.42 bits per heavy atom. The maximum Gasteiger partial charge on any atom is 0.0963 e. The molecule has 4 heteroatoms. The fraction of sp³-hybridized carbons (Fsp3) is 0.130. The molecule has 0 aliphatic rings. The second kappa shape index (κ2) is 11.3. The van der Waals surface area contributed by atoms with E-state index >= 15 is 0 Å². The average Bonchev–Trinajstić information content (AvgIpc) is 3.68. The van der Waals surface area contributed by atoms with Crippen molar-refractivity contribution in [3.8, 4) is 11.4 Å². The zero-order valence-corrected chi connectivity index (χ0v) is 28.8. The molecule has 50 heavy (non-hydrogen) atoms. The molecular formula is C46H38N4. The third kappa shape index (κ3) is 4.59. The molecule has 9 rings (SSSR count). The van der Waals surface area contributed by atoms with E-state index in [1.165, 1.54) is 55.0 Å². The molecule has 0 saturated carbocycles. The van der Waals surface area contributed by atoms with Crippen LogP contribution in [-0.2, 0) is 10.8 Å². The molecule has 0 radical (unpaired) electrons. The van der Waals surface area contributed by atoms with Crippen molar-refractivity contribution in [2.75, 3.05) is 0 Å². The van der Waals surface area contributed by atoms with Gasteiger partial charge >= 0.3 is 0 Å². The van der Waals surface area contributed by atoms with E-state index in [-0.39, 0.29) is 10.8 Å². The fourth-order valence-electron chi connectivity index (χ4n) is 7.85. The van der Waals surface area contributed by atoms with Crippen LogP contribution in [0.2, 0.25) is 0 Å². The molecule has 0 fully saturated rings. The third-order valence-electron chi connectivity index (χ3n) is 10.9. The van der Waals surface area contributed by atoms with Crippen LogP contribution in [0.5, 0.6) is 0 Å². The summed E-state index contributed by atoms with van der Waals surface area (Å²) in [5, 5.41) is 3.57. The highest BCUT2D eigenvalue weighted by molar-refractivity contribution is 6.09. The number of aromatic nitrogens is 4. The quantitative estimate of drug-likeness (QED) is 0.180. The lowest BCUT2D eigenvalue weighted by atomic mass is 9.74. The highest BCUT2D eigenvalue weighted by Gasteiger charge is 2.27. The number of rotatable bonds is 6. The van der Waals surface area contributed by atoms with Crippen molar-refractivity contribution >= 4 is 43.7 Å². The Morgan fingerprint density at radius 2 is 0.840 bits per heavy atom. The van der Waals surface area contributed by atoms with Crippen molar-refractivity contribution < 1.29 is 0 Å². The van der Waals surface area contributed by atoms with Gasteiger partial charge in [0.2, 0.25) is 0 Å². The summed E-state index contributed by atoms with van der Waals surface area (Å²) >= 11 is 0. The number of para-hydroxylation sites is 2. The summed E-state index contributed by atoms with van der Waals surface area (Å²) in [5.74, 6) is 0. The number of pyridine rings is 2. The SMILES string of the molecule is CC(C)(c1ccc(-n2c3ccccc3c3cnccc32)cc1)c1ccc(C(C)(C)c2ccc(-n3c4ccccc4c4ncccc43)cc2)cc1. The molecule has 4 heterocycles. The van der Waals surface area contributed by atoms with Gasteiger partial charge in [0.15, 0.2) is 0 Å². The first kappa shape index (κ1) is 30.1. The van der Waals surface area contributed by atoms with Crippen LogP contribution in [0.3, 0.4) is 0 Å². The summed E-state index contributed by atoms with van der Waals surface area (Å²) in [6.07, 6.45) is 5.72. The predicted octanol–water partition coefficient (Wildman–Crippen LogP) is 11.3. The zero-order chi connectivity index (χ0) is 34.0. The smallest absolute Gasteiger partial charge is 0.0963 e. The standard InChI is InChI=1S/C46H38N4/c1-45(2,33-19-23-35(24-20-33)49-40-12-7-5-10-37(40)39-30-47-29-27-42(39)49)31-15-17-32(18-16-31)46(3,4)34-21-25-36(26-22-34)50-41-13-8-6-11-38(41)44-43(50)14-9-28-48-44/h5-30H,1-4H3. The largest absolute Gasteiger partial charge is 0.309 e. The molecule has 0 unspecified atom stereocenters. The van der Waals surface area contributed by atoms with E-state index in [1.807, 2.05) is 24.7 Å². The summed E-state index contributed by atoms with van der Waals surface area (Å²) < 4.78 is 4.66. The predicted molar refractivity (Wildman–Crippen MR) is 208 cm³/mol. The Balaban J connectivity index is 0.997. The molecule has 0 spiro atoms. The van der Waals surface area contributed by atoms with Gasteiger partial charge in [-0.25, -0.2) is 0 Å². The van der Waals surface area contributed by atoms with Crippen molar-refractivity contribution in [1.82, 2.24) is 19.1 Å². The van der Waals surface area contributed by atoms with Crippen LogP contribution in [0.15, 0.2) is 158 Å². The second-order valence-electron chi connectivity index (χ2n) is 14.4. The number of nitrogens with zero attached hydrogens (tertiary/aromatic N) is 4. The lowest BCUT2D eigenvalue weighted by Crippen LogP contribution is -2.21. The molecule has 4 aromatic heterocycles. The van der Waals surface area contributed by atoms with E-state index in [2.05, 4.69) is 175 Å². The molecule has 242 valence electrons. The molecule has 0 aliphatic heterocycles. The highest BCUT2D eigenvalue weighted by atomic mass is 15.0. The summed E-state index contributed by atoms with van der Waals surface area (Å²) in [6.45, 7) is 9.26. The molecule has 0 N–H and O–H groups in total. The molecule has 0 saturated heterocycles. The normalized spacial score (nSPS) is 12.4. The first-order valence-corrected chi connectivity index (χ1v) is 17.3. The number of hydrogen-bond acceptors (Lipinski definition) is 2. The molecule has 0 amide bonds. The van der Waals surface area contributed by atoms with E-state index in [0.29, 0.717) is 0 Å². The second-order valence-corrected chi connectivity index (χ2v) is 14.4. The maximum absolute atomic E-state index is 4.71. The molecular weight excluding hydrogens is 609 g/mol. The van der Waals surface area contributed by atoms with Crippen LogP contribution in [0.1, 0.15) is 49.9 Å². The van der Waals surface area contributed by atoms with E-state index < -0.39 is 0 Å². The van der Waals surface area contributed by atoms with E-state index in [4.69, 9.17) is 4.98 Å². The molecule has 4 nitrogen and oxygen atoms in total. The van der Waals surface area contributed by atoms with Gasteiger partial charge in [0.05, 0.1) is 27.6 Å². The van der Waals surface area contributed by atoms with Crippen molar-refractivity contribution in [2.24, 2.45) is 0 Å². The topological polar surface area (TPSA) is 35.6 Å². The Morgan fingerprint density at radius 1 is 0.400 bits per heavy atom. The molecule has 0 aliphatic carbocycles. The van der Waals surface area contributed by atoms with Crippen molar-refractivity contribution in [1.29, 1.82) is 0 Å². The van der Waals surface area contributed by atoms with Crippen LogP contribution in [0.25, 0.3) is 55.1 Å². The Bertz CT molecular complexity index is 2380. The van der Waals surface area contributed by atoms with Gasteiger partial charge < -0.3 is 9.13 Å². The minimum absolute atomic E-state index is 0.162. The van der Waals surface area contributed by atoms with E-state index in [9.17, 15) is 0 Å². The lowest BCUT2D eigenvalue weighted by Gasteiger charge is -2.30. The fourth-order valence-corrected chi connectivity index (χ4v) is 7.85. The Kier molecular flexibility index (Phi) is 6.79. The molecule has 0 bridgehead atoms. The molecule has 0 atom stereocenters.